The minimum atomic E-state index is -0.442. The van der Waals surface area contributed by atoms with Gasteiger partial charge in [0, 0.05) is 12.1 Å². The molecular formula is C26H22BrN3O5. The Balaban J connectivity index is 1.58. The second kappa shape index (κ2) is 10.5. The minimum Gasteiger partial charge on any atom is -0.490 e. The SMILES string of the molecule is CCOc1cc(/C=C2/C(=O)N(c3ccccc3)N=C2C)cc(Br)c1OCc1ccc([N+](=O)[O-])cc1. The Morgan fingerprint density at radius 3 is 2.46 bits per heavy atom. The van der Waals surface area contributed by atoms with Crippen LogP contribution in [0.25, 0.3) is 6.08 Å². The third-order valence-electron chi connectivity index (χ3n) is 5.24. The van der Waals surface area contributed by atoms with E-state index in [4.69, 9.17) is 9.47 Å². The molecule has 0 spiro atoms. The first-order chi connectivity index (χ1) is 16.9. The predicted octanol–water partition coefficient (Wildman–Crippen LogP) is 6.14. The van der Waals surface area contributed by atoms with Gasteiger partial charge in [0.1, 0.15) is 6.61 Å². The summed E-state index contributed by atoms with van der Waals surface area (Å²) in [7, 11) is 0. The molecule has 35 heavy (non-hydrogen) atoms. The summed E-state index contributed by atoms with van der Waals surface area (Å²) in [5.41, 5.74) is 3.35. The maximum atomic E-state index is 13.0. The van der Waals surface area contributed by atoms with Crippen LogP contribution >= 0.6 is 15.9 Å². The van der Waals surface area contributed by atoms with Crippen molar-refractivity contribution in [2.45, 2.75) is 20.5 Å². The van der Waals surface area contributed by atoms with Crippen LogP contribution < -0.4 is 14.5 Å². The molecule has 0 aliphatic carbocycles. The number of hydrogen-bond acceptors (Lipinski definition) is 6. The number of rotatable bonds is 8. The van der Waals surface area contributed by atoms with Gasteiger partial charge >= 0.3 is 0 Å². The summed E-state index contributed by atoms with van der Waals surface area (Å²) in [5.74, 6) is 0.804. The van der Waals surface area contributed by atoms with Gasteiger partial charge in [-0.2, -0.15) is 10.1 Å². The molecule has 0 radical (unpaired) electrons. The fraction of sp³-hybridized carbons (Fsp3) is 0.154. The van der Waals surface area contributed by atoms with E-state index in [9.17, 15) is 14.9 Å². The molecule has 3 aromatic carbocycles. The van der Waals surface area contributed by atoms with Crippen molar-refractivity contribution in [1.82, 2.24) is 0 Å². The number of benzene rings is 3. The van der Waals surface area contributed by atoms with Crippen molar-refractivity contribution in [3.63, 3.8) is 0 Å². The maximum Gasteiger partial charge on any atom is 0.280 e. The summed E-state index contributed by atoms with van der Waals surface area (Å²) in [4.78, 5) is 23.5. The Labute approximate surface area is 210 Å². The Morgan fingerprint density at radius 2 is 1.80 bits per heavy atom. The number of non-ortho nitro benzene ring substituents is 1. The first kappa shape index (κ1) is 24.2. The summed E-state index contributed by atoms with van der Waals surface area (Å²) >= 11 is 3.55. The van der Waals surface area contributed by atoms with Crippen molar-refractivity contribution in [1.29, 1.82) is 0 Å². The average molecular weight is 536 g/mol. The van der Waals surface area contributed by atoms with E-state index in [1.165, 1.54) is 17.1 Å². The van der Waals surface area contributed by atoms with Crippen LogP contribution in [0.15, 0.2) is 81.9 Å². The van der Waals surface area contributed by atoms with E-state index in [0.29, 0.717) is 39.6 Å². The lowest BCUT2D eigenvalue weighted by Crippen LogP contribution is -2.21. The molecule has 0 unspecified atom stereocenters. The fourth-order valence-corrected chi connectivity index (χ4v) is 4.11. The molecule has 9 heteroatoms. The lowest BCUT2D eigenvalue weighted by atomic mass is 10.1. The van der Waals surface area contributed by atoms with Crippen molar-refractivity contribution in [2.75, 3.05) is 11.6 Å². The molecule has 4 rings (SSSR count). The van der Waals surface area contributed by atoms with E-state index in [-0.39, 0.29) is 18.2 Å². The molecule has 3 aromatic rings. The second-order valence-corrected chi connectivity index (χ2v) is 8.53. The van der Waals surface area contributed by atoms with Crippen molar-refractivity contribution in [2.24, 2.45) is 5.10 Å². The Kier molecular flexibility index (Phi) is 7.26. The Morgan fingerprint density at radius 1 is 1.09 bits per heavy atom. The van der Waals surface area contributed by atoms with Crippen molar-refractivity contribution >= 4 is 45.0 Å². The number of nitro groups is 1. The Bertz CT molecular complexity index is 1320. The van der Waals surface area contributed by atoms with Crippen molar-refractivity contribution in [3.05, 3.63) is 98.0 Å². The molecule has 0 aromatic heterocycles. The highest BCUT2D eigenvalue weighted by atomic mass is 79.9. The maximum absolute atomic E-state index is 13.0. The van der Waals surface area contributed by atoms with Crippen LogP contribution in [0.4, 0.5) is 11.4 Å². The van der Waals surface area contributed by atoms with Gasteiger partial charge in [-0.1, -0.05) is 18.2 Å². The van der Waals surface area contributed by atoms with E-state index in [0.717, 1.165) is 11.1 Å². The van der Waals surface area contributed by atoms with Gasteiger partial charge in [0.15, 0.2) is 11.5 Å². The molecule has 0 saturated heterocycles. The topological polar surface area (TPSA) is 94.3 Å². The number of ether oxygens (including phenoxy) is 2. The molecule has 1 heterocycles. The van der Waals surface area contributed by atoms with E-state index in [2.05, 4.69) is 21.0 Å². The molecule has 8 nitrogen and oxygen atoms in total. The number of halogens is 1. The second-order valence-electron chi connectivity index (χ2n) is 7.67. The average Bonchev–Trinajstić information content (AvgIpc) is 3.13. The molecule has 1 aliphatic rings. The van der Waals surface area contributed by atoms with Gasteiger partial charge in [-0.3, -0.25) is 14.9 Å². The zero-order valence-electron chi connectivity index (χ0n) is 19.1. The molecule has 0 atom stereocenters. The monoisotopic (exact) mass is 535 g/mol. The third kappa shape index (κ3) is 5.41. The highest BCUT2D eigenvalue weighted by molar-refractivity contribution is 9.10. The van der Waals surface area contributed by atoms with Gasteiger partial charge in [0.05, 0.1) is 33.0 Å². The van der Waals surface area contributed by atoms with Crippen molar-refractivity contribution in [3.8, 4) is 11.5 Å². The van der Waals surface area contributed by atoms with Crippen LogP contribution in [0.3, 0.4) is 0 Å². The van der Waals surface area contributed by atoms with E-state index >= 15 is 0 Å². The van der Waals surface area contributed by atoms with Crippen LogP contribution in [0.1, 0.15) is 25.0 Å². The smallest absolute Gasteiger partial charge is 0.280 e. The molecule has 0 saturated carbocycles. The van der Waals surface area contributed by atoms with Gasteiger partial charge in [0.25, 0.3) is 11.6 Å². The fourth-order valence-electron chi connectivity index (χ4n) is 3.54. The van der Waals surface area contributed by atoms with Gasteiger partial charge < -0.3 is 9.47 Å². The number of nitrogens with zero attached hydrogens (tertiary/aromatic N) is 3. The van der Waals surface area contributed by atoms with E-state index < -0.39 is 4.92 Å². The number of hydrogen-bond donors (Lipinski definition) is 0. The molecule has 0 N–H and O–H groups in total. The third-order valence-corrected chi connectivity index (χ3v) is 5.83. The molecular weight excluding hydrogens is 514 g/mol. The van der Waals surface area contributed by atoms with Crippen LogP contribution in [0.2, 0.25) is 0 Å². The number of hydrazone groups is 1. The molecule has 1 amide bonds. The number of carbonyl (C=O) groups excluding carboxylic acids is 1. The largest absolute Gasteiger partial charge is 0.490 e. The summed E-state index contributed by atoms with van der Waals surface area (Å²) in [6.07, 6.45) is 1.78. The lowest BCUT2D eigenvalue weighted by molar-refractivity contribution is -0.384. The first-order valence-electron chi connectivity index (χ1n) is 10.9. The van der Waals surface area contributed by atoms with Crippen LogP contribution in [0.5, 0.6) is 11.5 Å². The zero-order valence-corrected chi connectivity index (χ0v) is 20.7. The highest BCUT2D eigenvalue weighted by Gasteiger charge is 2.28. The molecule has 1 aliphatic heterocycles. The Hall–Kier alpha value is -3.98. The van der Waals surface area contributed by atoms with E-state index in [1.54, 1.807) is 31.2 Å². The normalized spacial score (nSPS) is 14.3. The van der Waals surface area contributed by atoms with Gasteiger partial charge in [-0.15, -0.1) is 0 Å². The summed E-state index contributed by atoms with van der Waals surface area (Å²) in [5, 5.41) is 16.7. The van der Waals surface area contributed by atoms with Crippen LogP contribution in [-0.2, 0) is 11.4 Å². The van der Waals surface area contributed by atoms with Crippen LogP contribution in [0, 0.1) is 10.1 Å². The van der Waals surface area contributed by atoms with E-state index in [1.807, 2.05) is 43.3 Å². The standard InChI is InChI=1S/C26H22BrN3O5/c1-3-34-24-15-19(13-22-17(2)28-29(26(22)31)20-7-5-4-6-8-20)14-23(27)25(24)35-16-18-9-11-21(12-10-18)30(32)33/h4-15H,3,16H2,1-2H3/b22-13+. The number of amides is 1. The first-order valence-corrected chi connectivity index (χ1v) is 11.7. The summed E-state index contributed by atoms with van der Waals surface area (Å²) in [6, 6.07) is 19.1. The number of carbonyl (C=O) groups is 1. The summed E-state index contributed by atoms with van der Waals surface area (Å²) in [6.45, 7) is 4.29. The van der Waals surface area contributed by atoms with Crippen molar-refractivity contribution < 1.29 is 19.2 Å². The van der Waals surface area contributed by atoms with Gasteiger partial charge in [-0.25, -0.2) is 0 Å². The van der Waals surface area contributed by atoms with Crippen LogP contribution in [-0.4, -0.2) is 23.1 Å². The summed E-state index contributed by atoms with van der Waals surface area (Å²) < 4.78 is 12.4. The molecule has 178 valence electrons. The van der Waals surface area contributed by atoms with Gasteiger partial charge in [-0.05, 0) is 83.4 Å². The lowest BCUT2D eigenvalue weighted by Gasteiger charge is -2.15. The predicted molar refractivity (Wildman–Crippen MR) is 138 cm³/mol. The molecule has 0 bridgehead atoms. The molecule has 0 fully saturated rings. The quantitative estimate of drug-likeness (QED) is 0.196. The highest BCUT2D eigenvalue weighted by Crippen LogP contribution is 2.38. The zero-order chi connectivity index (χ0) is 24.9. The number of anilines is 1. The number of nitro benzene ring substituents is 1. The number of para-hydroxylation sites is 1. The van der Waals surface area contributed by atoms with Gasteiger partial charge in [0.2, 0.25) is 0 Å². The minimum absolute atomic E-state index is 0.0217.